The topological polar surface area (TPSA) is 55.5 Å². The summed E-state index contributed by atoms with van der Waals surface area (Å²) in [6.45, 7) is 4.75. The fraction of sp³-hybridized carbons (Fsp3) is 0.217. The maximum atomic E-state index is 12.2. The van der Waals surface area contributed by atoms with Crippen molar-refractivity contribution in [3.05, 3.63) is 89.2 Å². The molecule has 1 heterocycles. The van der Waals surface area contributed by atoms with Crippen molar-refractivity contribution < 1.29 is 14.2 Å². The van der Waals surface area contributed by atoms with E-state index in [9.17, 15) is 9.50 Å². The lowest BCUT2D eigenvalue weighted by atomic mass is 10.0. The zero-order valence-corrected chi connectivity index (χ0v) is 15.8. The van der Waals surface area contributed by atoms with Gasteiger partial charge >= 0.3 is 0 Å². The molecule has 0 fully saturated rings. The van der Waals surface area contributed by atoms with E-state index >= 15 is 0 Å². The number of phenols is 1. The number of nitrogens with two attached hydrogens (primary N) is 1. The average Bonchev–Trinajstić information content (AvgIpc) is 2.69. The molecule has 1 aliphatic heterocycles. The van der Waals surface area contributed by atoms with Crippen LogP contribution in [0.3, 0.4) is 0 Å². The second kappa shape index (κ2) is 10.2. The number of fused-ring (bicyclic) bond motifs is 1. The summed E-state index contributed by atoms with van der Waals surface area (Å²) in [6, 6.07) is 20.1. The molecule has 0 amide bonds. The van der Waals surface area contributed by atoms with Crippen molar-refractivity contribution in [2.24, 2.45) is 0 Å². The Morgan fingerprint density at radius 2 is 1.59 bits per heavy atom. The van der Waals surface area contributed by atoms with Gasteiger partial charge in [-0.25, -0.2) is 4.39 Å². The first-order valence-electron chi connectivity index (χ1n) is 8.95. The van der Waals surface area contributed by atoms with Crippen molar-refractivity contribution in [1.82, 2.24) is 0 Å². The molecule has 0 radical (unpaired) electrons. The van der Waals surface area contributed by atoms with E-state index in [1.54, 1.807) is 18.2 Å². The Kier molecular flexibility index (Phi) is 7.68. The number of aromatic hydroxyl groups is 1. The molecule has 0 spiro atoms. The van der Waals surface area contributed by atoms with E-state index < -0.39 is 0 Å². The van der Waals surface area contributed by atoms with Crippen molar-refractivity contribution in [1.29, 1.82) is 0 Å². The van der Waals surface area contributed by atoms with Gasteiger partial charge in [0.05, 0.1) is 12.3 Å². The normalized spacial score (nSPS) is 11.7. The molecule has 3 nitrogen and oxygen atoms in total. The number of anilines is 1. The predicted molar refractivity (Wildman–Crippen MR) is 109 cm³/mol. The Morgan fingerprint density at radius 1 is 0.926 bits per heavy atom. The summed E-state index contributed by atoms with van der Waals surface area (Å²) >= 11 is 0. The van der Waals surface area contributed by atoms with Crippen LogP contribution in [-0.4, -0.2) is 11.7 Å². The molecule has 1 aliphatic rings. The Balaban J connectivity index is 0.000000153. The molecule has 4 rings (SSSR count). The molecule has 0 atom stereocenters. The second-order valence-corrected chi connectivity index (χ2v) is 6.33. The third kappa shape index (κ3) is 6.33. The number of hydrogen-bond acceptors (Lipinski definition) is 3. The van der Waals surface area contributed by atoms with Crippen LogP contribution in [0.2, 0.25) is 0 Å². The number of phenolic OH excluding ortho intramolecular Hbond substituents is 1. The highest BCUT2D eigenvalue weighted by Gasteiger charge is 2.14. The fourth-order valence-corrected chi connectivity index (χ4v) is 2.58. The van der Waals surface area contributed by atoms with Crippen LogP contribution < -0.4 is 10.5 Å². The number of hydrogen-bond donors (Lipinski definition) is 2. The van der Waals surface area contributed by atoms with Gasteiger partial charge in [-0.15, -0.1) is 0 Å². The minimum absolute atomic E-state index is 0.201. The summed E-state index contributed by atoms with van der Waals surface area (Å²) in [5.74, 6) is 0.865. The Morgan fingerprint density at radius 3 is 2.15 bits per heavy atom. The Labute approximate surface area is 160 Å². The molecule has 0 aromatic heterocycles. The van der Waals surface area contributed by atoms with Crippen molar-refractivity contribution in [3.8, 4) is 11.5 Å². The lowest BCUT2D eigenvalue weighted by Gasteiger charge is -2.19. The number of aryl methyl sites for hydroxylation is 2. The van der Waals surface area contributed by atoms with Gasteiger partial charge in [0, 0.05) is 5.56 Å². The molecule has 0 saturated heterocycles. The van der Waals surface area contributed by atoms with Crippen LogP contribution in [0.15, 0.2) is 66.7 Å². The van der Waals surface area contributed by atoms with Gasteiger partial charge in [0.1, 0.15) is 17.3 Å². The maximum Gasteiger partial charge on any atom is 0.146 e. The van der Waals surface area contributed by atoms with Crippen LogP contribution in [0.25, 0.3) is 0 Å². The van der Waals surface area contributed by atoms with Crippen molar-refractivity contribution >= 4 is 5.69 Å². The second-order valence-electron chi connectivity index (χ2n) is 6.33. The first-order chi connectivity index (χ1) is 13.0. The van der Waals surface area contributed by atoms with E-state index in [0.717, 1.165) is 30.8 Å². The van der Waals surface area contributed by atoms with Gasteiger partial charge in [-0.1, -0.05) is 54.1 Å². The van der Waals surface area contributed by atoms with Crippen LogP contribution in [0, 0.1) is 19.7 Å². The minimum atomic E-state index is -0.354. The third-order valence-corrected chi connectivity index (χ3v) is 4.14. The van der Waals surface area contributed by atoms with Gasteiger partial charge in [0.25, 0.3) is 0 Å². The van der Waals surface area contributed by atoms with Gasteiger partial charge in [0.2, 0.25) is 0 Å². The van der Waals surface area contributed by atoms with E-state index in [2.05, 4.69) is 19.1 Å². The molecule has 3 N–H and O–H groups in total. The van der Waals surface area contributed by atoms with Gasteiger partial charge in [-0.3, -0.25) is 0 Å². The van der Waals surface area contributed by atoms with Crippen LogP contribution >= 0.6 is 0 Å². The van der Waals surface area contributed by atoms with Crippen LogP contribution in [0.4, 0.5) is 10.1 Å². The summed E-state index contributed by atoms with van der Waals surface area (Å²) in [6.07, 6.45) is 2.15. The third-order valence-electron chi connectivity index (χ3n) is 4.14. The van der Waals surface area contributed by atoms with Crippen LogP contribution in [0.5, 0.6) is 11.5 Å². The molecule has 0 saturated carbocycles. The van der Waals surface area contributed by atoms with Gasteiger partial charge in [-0.2, -0.15) is 0 Å². The predicted octanol–water partition coefficient (Wildman–Crippen LogP) is 5.43. The quantitative estimate of drug-likeness (QED) is 0.521. The van der Waals surface area contributed by atoms with E-state index in [1.807, 2.05) is 31.2 Å². The first kappa shape index (κ1) is 20.3. The van der Waals surface area contributed by atoms with Gasteiger partial charge < -0.3 is 15.6 Å². The molecule has 4 heteroatoms. The van der Waals surface area contributed by atoms with E-state index in [0.29, 0.717) is 5.75 Å². The molecular formula is C23H26FNO2. The monoisotopic (exact) mass is 367 g/mol. The number of benzene rings is 3. The lowest BCUT2D eigenvalue weighted by molar-refractivity contribution is 0.284. The number of rotatable bonds is 0. The van der Waals surface area contributed by atoms with Crippen LogP contribution in [-0.2, 0) is 6.42 Å². The number of ether oxygens (including phenoxy) is 1. The highest BCUT2D eigenvalue weighted by Crippen LogP contribution is 2.33. The molecule has 27 heavy (non-hydrogen) atoms. The van der Waals surface area contributed by atoms with E-state index in [-0.39, 0.29) is 11.5 Å². The van der Waals surface area contributed by atoms with Crippen molar-refractivity contribution in [2.45, 2.75) is 26.7 Å². The first-order valence-corrected chi connectivity index (χ1v) is 8.95. The summed E-state index contributed by atoms with van der Waals surface area (Å²) in [7, 11) is 0. The van der Waals surface area contributed by atoms with Gasteiger partial charge in [0.15, 0.2) is 0 Å². The zero-order chi connectivity index (χ0) is 19.6. The largest absolute Gasteiger partial charge is 0.508 e. The Hall–Kier alpha value is -3.01. The molecular weight excluding hydrogens is 341 g/mol. The lowest BCUT2D eigenvalue weighted by Crippen LogP contribution is -2.09. The highest BCUT2D eigenvalue weighted by atomic mass is 19.1. The zero-order valence-electron chi connectivity index (χ0n) is 15.8. The number of nitrogen functional groups attached to an aromatic ring is 1. The highest BCUT2D eigenvalue weighted by molar-refractivity contribution is 5.49. The molecule has 3 aromatic rings. The standard InChI is InChI=1S/C10H12O2.C7H8.C6H6FN/c1-7-9(11)5-4-8-3-2-6-12-10(7)8;1-7-5-3-2-4-6-7;7-5-3-1-2-4-6(5)8/h4-5,11H,2-3,6H2,1H3;2-6H,1H3;1-4H,8H2. The minimum Gasteiger partial charge on any atom is -0.508 e. The summed E-state index contributed by atoms with van der Waals surface area (Å²) in [5.41, 5.74) is 8.75. The fourth-order valence-electron chi connectivity index (χ4n) is 2.58. The SMILES string of the molecule is Cc1c(O)ccc2c1OCCC2.Cc1ccccc1.Nc1ccccc1F. The Bertz CT molecular complexity index is 829. The van der Waals surface area contributed by atoms with E-state index in [1.165, 1.54) is 23.3 Å². The number of para-hydroxylation sites is 1. The van der Waals surface area contributed by atoms with Crippen molar-refractivity contribution in [2.75, 3.05) is 12.3 Å². The van der Waals surface area contributed by atoms with Crippen LogP contribution in [0.1, 0.15) is 23.1 Å². The van der Waals surface area contributed by atoms with E-state index in [4.69, 9.17) is 10.5 Å². The summed E-state index contributed by atoms with van der Waals surface area (Å²) < 4.78 is 17.7. The summed E-state index contributed by atoms with van der Waals surface area (Å²) in [5, 5.41) is 9.40. The van der Waals surface area contributed by atoms with Gasteiger partial charge in [-0.05, 0) is 50.5 Å². The molecule has 0 aliphatic carbocycles. The average molecular weight is 367 g/mol. The summed E-state index contributed by atoms with van der Waals surface area (Å²) in [4.78, 5) is 0. The number of halogens is 1. The van der Waals surface area contributed by atoms with Crippen molar-refractivity contribution in [3.63, 3.8) is 0 Å². The molecule has 3 aromatic carbocycles. The molecule has 0 bridgehead atoms. The smallest absolute Gasteiger partial charge is 0.146 e. The maximum absolute atomic E-state index is 12.2. The molecule has 0 unspecified atom stereocenters. The molecule has 142 valence electrons.